The molecule has 182 valence electrons. The van der Waals surface area contributed by atoms with E-state index in [1.54, 1.807) is 0 Å². The molecule has 1 N–H and O–H groups in total. The van der Waals surface area contributed by atoms with Crippen LogP contribution in [-0.4, -0.2) is 15.7 Å². The molecular formula is C31H30ClN3O. The summed E-state index contributed by atoms with van der Waals surface area (Å²) in [5.41, 5.74) is 8.02. The predicted octanol–water partition coefficient (Wildman–Crippen LogP) is 7.59. The Labute approximate surface area is 217 Å². The third-order valence-corrected chi connectivity index (χ3v) is 7.08. The van der Waals surface area contributed by atoms with Gasteiger partial charge in [-0.3, -0.25) is 4.79 Å². The van der Waals surface area contributed by atoms with Gasteiger partial charge in [0.2, 0.25) is 0 Å². The lowest BCUT2D eigenvalue weighted by atomic mass is 10.0. The molecule has 0 aliphatic heterocycles. The minimum atomic E-state index is -0.136. The number of allylic oxidation sites excluding steroid dienone is 1. The first-order valence-corrected chi connectivity index (χ1v) is 12.9. The van der Waals surface area contributed by atoms with Crippen molar-refractivity contribution < 1.29 is 4.79 Å². The Morgan fingerprint density at radius 1 is 0.972 bits per heavy atom. The fraction of sp³-hybridized carbons (Fsp3) is 0.226. The summed E-state index contributed by atoms with van der Waals surface area (Å²) in [6.07, 6.45) is 6.03. The van der Waals surface area contributed by atoms with Gasteiger partial charge in [-0.2, -0.15) is 5.10 Å². The molecule has 5 heteroatoms. The van der Waals surface area contributed by atoms with E-state index in [-0.39, 0.29) is 11.9 Å². The molecule has 36 heavy (non-hydrogen) atoms. The maximum Gasteiger partial charge on any atom is 0.272 e. The topological polar surface area (TPSA) is 46.9 Å². The van der Waals surface area contributed by atoms with Gasteiger partial charge in [-0.25, -0.2) is 4.68 Å². The highest BCUT2D eigenvalue weighted by atomic mass is 35.5. The molecule has 4 aromatic rings. The molecule has 0 saturated carbocycles. The first kappa shape index (κ1) is 24.1. The summed E-state index contributed by atoms with van der Waals surface area (Å²) in [4.78, 5) is 13.6. The van der Waals surface area contributed by atoms with Gasteiger partial charge >= 0.3 is 0 Å². The summed E-state index contributed by atoms with van der Waals surface area (Å²) >= 11 is 6.13. The molecule has 0 fully saturated rings. The minimum absolute atomic E-state index is 0.118. The molecule has 0 saturated heterocycles. The molecule has 0 spiro atoms. The van der Waals surface area contributed by atoms with E-state index in [0.717, 1.165) is 64.3 Å². The molecule has 1 amide bonds. The second kappa shape index (κ2) is 10.5. The normalized spacial score (nSPS) is 15.2. The number of halogens is 1. The van der Waals surface area contributed by atoms with Crippen LogP contribution in [-0.2, 0) is 6.42 Å². The number of hydrogen-bond donors (Lipinski definition) is 1. The molecule has 4 nitrogen and oxygen atoms in total. The van der Waals surface area contributed by atoms with Gasteiger partial charge in [0.05, 0.1) is 17.4 Å². The predicted molar refractivity (Wildman–Crippen MR) is 148 cm³/mol. The lowest BCUT2D eigenvalue weighted by Crippen LogP contribution is -2.28. The van der Waals surface area contributed by atoms with E-state index in [9.17, 15) is 4.79 Å². The fourth-order valence-corrected chi connectivity index (χ4v) is 5.03. The van der Waals surface area contributed by atoms with Crippen molar-refractivity contribution in [2.45, 2.75) is 45.6 Å². The van der Waals surface area contributed by atoms with Crippen LogP contribution in [0.5, 0.6) is 0 Å². The third kappa shape index (κ3) is 5.00. The van der Waals surface area contributed by atoms with E-state index < -0.39 is 0 Å². The summed E-state index contributed by atoms with van der Waals surface area (Å²) in [5, 5.41) is 8.86. The zero-order chi connectivity index (χ0) is 25.1. The number of nitrogens with one attached hydrogen (secondary N) is 1. The number of rotatable bonds is 5. The Morgan fingerprint density at radius 3 is 2.42 bits per heavy atom. The first-order chi connectivity index (χ1) is 17.5. The number of carbonyl (C=O) groups excluding carboxylic acids is 1. The summed E-state index contributed by atoms with van der Waals surface area (Å²) < 4.78 is 1.99. The molecule has 0 unspecified atom stereocenters. The number of hydrogen-bond acceptors (Lipinski definition) is 2. The molecule has 1 aromatic heterocycles. The van der Waals surface area contributed by atoms with Crippen molar-refractivity contribution in [1.82, 2.24) is 15.1 Å². The van der Waals surface area contributed by atoms with Crippen LogP contribution >= 0.6 is 11.6 Å². The van der Waals surface area contributed by atoms with E-state index in [4.69, 9.17) is 16.7 Å². The molecule has 0 bridgehead atoms. The van der Waals surface area contributed by atoms with Crippen LogP contribution in [0.1, 0.15) is 70.7 Å². The van der Waals surface area contributed by atoms with Gasteiger partial charge in [-0.05, 0) is 86.1 Å². The lowest BCUT2D eigenvalue weighted by Gasteiger charge is -2.14. The van der Waals surface area contributed by atoms with Crippen molar-refractivity contribution in [1.29, 1.82) is 0 Å². The number of amides is 1. The maximum atomic E-state index is 13.6. The van der Waals surface area contributed by atoms with Gasteiger partial charge in [-0.1, -0.05) is 72.3 Å². The van der Waals surface area contributed by atoms with Gasteiger partial charge in [0.15, 0.2) is 5.69 Å². The number of carbonyl (C=O) groups is 1. The SMILES string of the molecule is Cc1ccccc1-n1nc(C(=O)N[C@@H](C)c2ccccc2)c2c1/C(=C/c1ccc(Cl)cc1)CCCC2. The molecule has 1 heterocycles. The fourth-order valence-electron chi connectivity index (χ4n) is 4.90. The van der Waals surface area contributed by atoms with Gasteiger partial charge < -0.3 is 5.32 Å². The summed E-state index contributed by atoms with van der Waals surface area (Å²) in [5.74, 6) is -0.136. The molecule has 1 aliphatic carbocycles. The second-order valence-corrected chi connectivity index (χ2v) is 9.84. The summed E-state index contributed by atoms with van der Waals surface area (Å²) in [7, 11) is 0. The van der Waals surface area contributed by atoms with Crippen molar-refractivity contribution in [2.75, 3.05) is 0 Å². The Kier molecular flexibility index (Phi) is 7.06. The number of fused-ring (bicyclic) bond motifs is 1. The molecule has 1 atom stereocenters. The van der Waals surface area contributed by atoms with Crippen molar-refractivity contribution in [3.8, 4) is 5.69 Å². The molecule has 5 rings (SSSR count). The largest absolute Gasteiger partial charge is 0.344 e. The standard InChI is InChI=1S/C31H30ClN3O/c1-21-10-6-9-15-28(21)35-30-25(20-23-16-18-26(32)19-17-23)13-7-8-14-27(30)29(34-35)31(36)33-22(2)24-11-4-3-5-12-24/h3-6,9-12,15-20,22H,7-8,13-14H2,1-2H3,(H,33,36)/b25-20+/t22-/m0/s1. The highest BCUT2D eigenvalue weighted by molar-refractivity contribution is 6.30. The van der Waals surface area contributed by atoms with Gasteiger partial charge in [-0.15, -0.1) is 0 Å². The van der Waals surface area contributed by atoms with E-state index >= 15 is 0 Å². The lowest BCUT2D eigenvalue weighted by molar-refractivity contribution is 0.0933. The van der Waals surface area contributed by atoms with Crippen LogP contribution in [0.4, 0.5) is 0 Å². The number of para-hydroxylation sites is 1. The van der Waals surface area contributed by atoms with E-state index in [1.165, 1.54) is 5.57 Å². The Balaban J connectivity index is 1.63. The van der Waals surface area contributed by atoms with E-state index in [0.29, 0.717) is 5.69 Å². The van der Waals surface area contributed by atoms with Crippen LogP contribution in [0.15, 0.2) is 78.9 Å². The quantitative estimate of drug-likeness (QED) is 0.290. The van der Waals surface area contributed by atoms with Gasteiger partial charge in [0.1, 0.15) is 0 Å². The van der Waals surface area contributed by atoms with E-state index in [2.05, 4.69) is 30.4 Å². The van der Waals surface area contributed by atoms with Crippen molar-refractivity contribution in [3.05, 3.63) is 118 Å². The Hall–Kier alpha value is -3.63. The smallest absolute Gasteiger partial charge is 0.272 e. The number of aromatic nitrogens is 2. The number of nitrogens with zero attached hydrogens (tertiary/aromatic N) is 2. The highest BCUT2D eigenvalue weighted by Gasteiger charge is 2.28. The first-order valence-electron chi connectivity index (χ1n) is 12.5. The molecular weight excluding hydrogens is 466 g/mol. The second-order valence-electron chi connectivity index (χ2n) is 9.41. The van der Waals surface area contributed by atoms with Crippen LogP contribution in [0, 0.1) is 6.92 Å². The zero-order valence-electron chi connectivity index (χ0n) is 20.7. The Morgan fingerprint density at radius 2 is 1.67 bits per heavy atom. The Bertz CT molecular complexity index is 1400. The van der Waals surface area contributed by atoms with Crippen molar-refractivity contribution in [3.63, 3.8) is 0 Å². The minimum Gasteiger partial charge on any atom is -0.344 e. The number of benzene rings is 3. The maximum absolute atomic E-state index is 13.6. The van der Waals surface area contributed by atoms with Crippen LogP contribution in [0.3, 0.4) is 0 Å². The molecule has 0 radical (unpaired) electrons. The average molecular weight is 496 g/mol. The zero-order valence-corrected chi connectivity index (χ0v) is 21.4. The third-order valence-electron chi connectivity index (χ3n) is 6.83. The summed E-state index contributed by atoms with van der Waals surface area (Å²) in [6, 6.07) is 26.0. The number of aryl methyl sites for hydroxylation is 1. The van der Waals surface area contributed by atoms with Gasteiger partial charge in [0.25, 0.3) is 5.91 Å². The monoisotopic (exact) mass is 495 g/mol. The average Bonchev–Trinajstić information content (AvgIpc) is 3.15. The van der Waals surface area contributed by atoms with Crippen molar-refractivity contribution >= 4 is 29.2 Å². The van der Waals surface area contributed by atoms with Crippen molar-refractivity contribution in [2.24, 2.45) is 0 Å². The van der Waals surface area contributed by atoms with Crippen LogP contribution < -0.4 is 5.32 Å². The summed E-state index contributed by atoms with van der Waals surface area (Å²) in [6.45, 7) is 4.09. The van der Waals surface area contributed by atoms with E-state index in [1.807, 2.05) is 78.3 Å². The van der Waals surface area contributed by atoms with Gasteiger partial charge in [0, 0.05) is 10.6 Å². The highest BCUT2D eigenvalue weighted by Crippen LogP contribution is 2.36. The van der Waals surface area contributed by atoms with Crippen LogP contribution in [0.2, 0.25) is 5.02 Å². The molecule has 3 aromatic carbocycles. The van der Waals surface area contributed by atoms with Crippen LogP contribution in [0.25, 0.3) is 17.3 Å². The molecule has 1 aliphatic rings.